The summed E-state index contributed by atoms with van der Waals surface area (Å²) in [5, 5.41) is 3.45. The van der Waals surface area contributed by atoms with Crippen LogP contribution in [0.1, 0.15) is 33.1 Å². The summed E-state index contributed by atoms with van der Waals surface area (Å²) in [6.07, 6.45) is 3.18. The molecule has 0 aliphatic heterocycles. The zero-order valence-corrected chi connectivity index (χ0v) is 13.5. The first kappa shape index (κ1) is 16.3. The van der Waals surface area contributed by atoms with Gasteiger partial charge in [0.05, 0.1) is 4.90 Å². The molecule has 1 saturated carbocycles. The fourth-order valence-corrected chi connectivity index (χ4v) is 3.54. The van der Waals surface area contributed by atoms with Gasteiger partial charge in [-0.15, -0.1) is 0 Å². The van der Waals surface area contributed by atoms with Crippen molar-refractivity contribution in [3.05, 3.63) is 24.3 Å². The molecule has 1 unspecified atom stereocenters. The largest absolute Gasteiger partial charge is 0.378 e. The van der Waals surface area contributed by atoms with Crippen LogP contribution in [0.4, 0.5) is 5.69 Å². The van der Waals surface area contributed by atoms with E-state index in [0.717, 1.165) is 12.1 Å². The first-order valence-corrected chi connectivity index (χ1v) is 8.97. The quantitative estimate of drug-likeness (QED) is 0.685. The maximum Gasteiger partial charge on any atom is 0.240 e. The fourth-order valence-electron chi connectivity index (χ4n) is 2.41. The van der Waals surface area contributed by atoms with Crippen LogP contribution < -0.4 is 15.8 Å². The summed E-state index contributed by atoms with van der Waals surface area (Å²) < 4.78 is 26.6. The van der Waals surface area contributed by atoms with E-state index in [1.54, 1.807) is 24.3 Å². The van der Waals surface area contributed by atoms with E-state index in [9.17, 15) is 8.42 Å². The molecule has 4 N–H and O–H groups in total. The van der Waals surface area contributed by atoms with Crippen LogP contribution in [-0.4, -0.2) is 27.0 Å². The molecule has 0 radical (unpaired) electrons. The number of rotatable bonds is 8. The van der Waals surface area contributed by atoms with Crippen LogP contribution in [0.15, 0.2) is 29.2 Å². The topological polar surface area (TPSA) is 84.2 Å². The molecule has 1 aliphatic carbocycles. The number of anilines is 1. The molecule has 0 bridgehead atoms. The molecule has 0 amide bonds. The van der Waals surface area contributed by atoms with Crippen LogP contribution in [0.25, 0.3) is 0 Å². The van der Waals surface area contributed by atoms with Crippen molar-refractivity contribution in [1.29, 1.82) is 0 Å². The number of nitrogens with two attached hydrogens (primary N) is 1. The van der Waals surface area contributed by atoms with Gasteiger partial charge in [0.1, 0.15) is 0 Å². The van der Waals surface area contributed by atoms with Gasteiger partial charge < -0.3 is 11.1 Å². The van der Waals surface area contributed by atoms with Gasteiger partial charge in [0.25, 0.3) is 0 Å². The Kier molecular flexibility index (Phi) is 4.91. The standard InChI is InChI=1S/C15H25N3O2S/c1-3-10-17-21(19,20)14-8-6-13(7-9-14)18-15(2,11-16)12-4-5-12/h6-9,12,17-18H,3-5,10-11,16H2,1-2H3. The molecular formula is C15H25N3O2S. The SMILES string of the molecule is CCCNS(=O)(=O)c1ccc(NC(C)(CN)C2CC2)cc1. The molecule has 0 saturated heterocycles. The van der Waals surface area contributed by atoms with Crippen LogP contribution in [0.3, 0.4) is 0 Å². The molecular weight excluding hydrogens is 286 g/mol. The van der Waals surface area contributed by atoms with E-state index in [-0.39, 0.29) is 5.54 Å². The first-order valence-electron chi connectivity index (χ1n) is 7.49. The lowest BCUT2D eigenvalue weighted by atomic mass is 9.95. The van der Waals surface area contributed by atoms with Gasteiger partial charge in [-0.2, -0.15) is 0 Å². The van der Waals surface area contributed by atoms with Crippen molar-refractivity contribution in [2.24, 2.45) is 11.7 Å². The highest BCUT2D eigenvalue weighted by Gasteiger charge is 2.40. The minimum absolute atomic E-state index is 0.110. The number of hydrogen-bond acceptors (Lipinski definition) is 4. The normalized spacial score (nSPS) is 18.2. The third kappa shape index (κ3) is 3.96. The molecule has 0 spiro atoms. The Hall–Kier alpha value is -1.11. The summed E-state index contributed by atoms with van der Waals surface area (Å²) in [5.41, 5.74) is 6.68. The van der Waals surface area contributed by atoms with Crippen molar-refractivity contribution in [3.8, 4) is 0 Å². The third-order valence-corrected chi connectivity index (χ3v) is 5.52. The molecule has 1 fully saturated rings. The number of nitrogens with one attached hydrogen (secondary N) is 2. The van der Waals surface area contributed by atoms with Crippen LogP contribution >= 0.6 is 0 Å². The van der Waals surface area contributed by atoms with Crippen LogP contribution in [0.2, 0.25) is 0 Å². The van der Waals surface area contributed by atoms with Crippen molar-refractivity contribution in [2.45, 2.75) is 43.5 Å². The van der Waals surface area contributed by atoms with E-state index in [1.165, 1.54) is 12.8 Å². The highest BCUT2D eigenvalue weighted by atomic mass is 32.2. The smallest absolute Gasteiger partial charge is 0.240 e. The molecule has 0 heterocycles. The fraction of sp³-hybridized carbons (Fsp3) is 0.600. The van der Waals surface area contributed by atoms with Gasteiger partial charge >= 0.3 is 0 Å². The van der Waals surface area contributed by atoms with Crippen molar-refractivity contribution in [3.63, 3.8) is 0 Å². The number of benzene rings is 1. The van der Waals surface area contributed by atoms with Gasteiger partial charge in [-0.1, -0.05) is 6.92 Å². The molecule has 0 aromatic heterocycles. The van der Waals surface area contributed by atoms with Crippen molar-refractivity contribution in [1.82, 2.24) is 4.72 Å². The zero-order chi connectivity index (χ0) is 15.5. The molecule has 1 aromatic rings. The molecule has 5 nitrogen and oxygen atoms in total. The second-order valence-corrected chi connectivity index (χ2v) is 7.71. The van der Waals surface area contributed by atoms with Gasteiger partial charge in [0, 0.05) is 24.3 Å². The summed E-state index contributed by atoms with van der Waals surface area (Å²) in [6.45, 7) is 5.07. The molecule has 1 aromatic carbocycles. The highest BCUT2D eigenvalue weighted by Crippen LogP contribution is 2.40. The van der Waals surface area contributed by atoms with E-state index in [1.807, 2.05) is 6.92 Å². The van der Waals surface area contributed by atoms with E-state index in [4.69, 9.17) is 5.73 Å². The molecule has 1 atom stereocenters. The van der Waals surface area contributed by atoms with Gasteiger partial charge in [0.2, 0.25) is 10.0 Å². The first-order chi connectivity index (χ1) is 9.91. The minimum Gasteiger partial charge on any atom is -0.378 e. The summed E-state index contributed by atoms with van der Waals surface area (Å²) in [4.78, 5) is 0.294. The summed E-state index contributed by atoms with van der Waals surface area (Å²) in [6, 6.07) is 6.86. The van der Waals surface area contributed by atoms with Crippen molar-refractivity contribution in [2.75, 3.05) is 18.4 Å². The Morgan fingerprint density at radius 2 is 1.90 bits per heavy atom. The van der Waals surface area contributed by atoms with Gasteiger partial charge in [-0.3, -0.25) is 0 Å². The van der Waals surface area contributed by atoms with Crippen LogP contribution in [-0.2, 0) is 10.0 Å². The molecule has 2 rings (SSSR count). The Morgan fingerprint density at radius 1 is 1.29 bits per heavy atom. The van der Waals surface area contributed by atoms with Gasteiger partial charge in [-0.25, -0.2) is 13.1 Å². The van der Waals surface area contributed by atoms with Crippen LogP contribution in [0, 0.1) is 5.92 Å². The lowest BCUT2D eigenvalue weighted by Crippen LogP contribution is -2.44. The van der Waals surface area contributed by atoms with E-state index in [0.29, 0.717) is 23.9 Å². The third-order valence-electron chi connectivity index (χ3n) is 4.04. The maximum atomic E-state index is 12.0. The van der Waals surface area contributed by atoms with Crippen molar-refractivity contribution >= 4 is 15.7 Å². The van der Waals surface area contributed by atoms with Gasteiger partial charge in [0.15, 0.2) is 0 Å². The van der Waals surface area contributed by atoms with Gasteiger partial charge in [-0.05, 0) is 56.4 Å². The predicted molar refractivity (Wildman–Crippen MR) is 85.7 cm³/mol. The average Bonchev–Trinajstić information content (AvgIpc) is 3.30. The summed E-state index contributed by atoms with van der Waals surface area (Å²) >= 11 is 0. The summed E-state index contributed by atoms with van der Waals surface area (Å²) in [5.74, 6) is 0.608. The monoisotopic (exact) mass is 311 g/mol. The van der Waals surface area contributed by atoms with E-state index < -0.39 is 10.0 Å². The minimum atomic E-state index is -3.39. The molecule has 21 heavy (non-hydrogen) atoms. The predicted octanol–water partition coefficient (Wildman–Crippen LogP) is 1.91. The van der Waals surface area contributed by atoms with E-state index >= 15 is 0 Å². The number of sulfonamides is 1. The summed E-state index contributed by atoms with van der Waals surface area (Å²) in [7, 11) is -3.39. The second kappa shape index (κ2) is 6.34. The average molecular weight is 311 g/mol. The molecule has 118 valence electrons. The zero-order valence-electron chi connectivity index (χ0n) is 12.7. The van der Waals surface area contributed by atoms with Crippen LogP contribution in [0.5, 0.6) is 0 Å². The Morgan fingerprint density at radius 3 is 2.38 bits per heavy atom. The van der Waals surface area contributed by atoms with E-state index in [2.05, 4.69) is 17.0 Å². The Bertz CT molecular complexity index is 567. The lowest BCUT2D eigenvalue weighted by Gasteiger charge is -2.30. The molecule has 1 aliphatic rings. The highest BCUT2D eigenvalue weighted by molar-refractivity contribution is 7.89. The molecule has 6 heteroatoms. The Labute approximate surface area is 127 Å². The number of hydrogen-bond donors (Lipinski definition) is 3. The maximum absolute atomic E-state index is 12.0. The van der Waals surface area contributed by atoms with Crippen molar-refractivity contribution < 1.29 is 8.42 Å². The lowest BCUT2D eigenvalue weighted by molar-refractivity contribution is 0.459. The second-order valence-electron chi connectivity index (χ2n) is 5.94. The Balaban J connectivity index is 2.08.